The van der Waals surface area contributed by atoms with E-state index in [9.17, 15) is 12.3 Å². The molecular weight excluding hydrogens is 475 g/mol. The van der Waals surface area contributed by atoms with Crippen LogP contribution >= 0.6 is 0 Å². The number of ether oxygens (including phenoxy) is 4. The second-order valence-corrected chi connectivity index (χ2v) is 8.65. The van der Waals surface area contributed by atoms with Crippen LogP contribution in [0.3, 0.4) is 0 Å². The molecule has 0 saturated carbocycles. The third-order valence-electron chi connectivity index (χ3n) is 4.83. The Hall–Kier alpha value is -3.14. The fraction of sp³-hybridized carbons (Fsp3) is 0.308. The van der Waals surface area contributed by atoms with E-state index in [0.29, 0.717) is 26.1 Å². The van der Waals surface area contributed by atoms with E-state index >= 15 is 0 Å². The Morgan fingerprint density at radius 2 is 1.09 bits per heavy atom. The number of benzene rings is 3. The molecule has 0 aliphatic carbocycles. The molecule has 0 aromatic heterocycles. The molecule has 0 N–H and O–H groups in total. The Morgan fingerprint density at radius 3 is 1.49 bits per heavy atom. The molecule has 0 saturated heterocycles. The van der Waals surface area contributed by atoms with Crippen molar-refractivity contribution in [1.29, 1.82) is 0 Å². The highest BCUT2D eigenvalue weighted by molar-refractivity contribution is 7.81. The summed E-state index contributed by atoms with van der Waals surface area (Å²) in [5, 5.41) is 0. The standard InChI is InChI=1S/C26H29FO7S/c1-20(30-15-13-22-9-5-3-6-10-22)32-24-17-25(19-26(18-24)34-35(27,28)29)33-21(2)31-16-14-23-11-7-4-8-12-23/h3-12,17-21H,13-16H2,1-2H3. The first-order valence-electron chi connectivity index (χ1n) is 11.2. The van der Waals surface area contributed by atoms with E-state index < -0.39 is 23.1 Å². The minimum atomic E-state index is -5.23. The number of halogens is 1. The lowest BCUT2D eigenvalue weighted by Gasteiger charge is -2.19. The highest BCUT2D eigenvalue weighted by Gasteiger charge is 2.16. The predicted molar refractivity (Wildman–Crippen MR) is 129 cm³/mol. The summed E-state index contributed by atoms with van der Waals surface area (Å²) >= 11 is 0. The average Bonchev–Trinajstić information content (AvgIpc) is 2.79. The van der Waals surface area contributed by atoms with Crippen molar-refractivity contribution in [2.24, 2.45) is 0 Å². The highest BCUT2D eigenvalue weighted by Crippen LogP contribution is 2.30. The van der Waals surface area contributed by atoms with E-state index in [4.69, 9.17) is 18.9 Å². The fourth-order valence-corrected chi connectivity index (χ4v) is 3.60. The lowest BCUT2D eigenvalue weighted by atomic mass is 10.2. The third kappa shape index (κ3) is 10.3. The molecule has 0 heterocycles. The summed E-state index contributed by atoms with van der Waals surface area (Å²) in [7, 11) is -5.23. The SMILES string of the molecule is CC(OCCc1ccccc1)Oc1cc(OC(C)OCCc2ccccc2)cc(OS(=O)(=O)F)c1. The number of hydrogen-bond acceptors (Lipinski definition) is 7. The molecule has 0 amide bonds. The van der Waals surface area contributed by atoms with E-state index in [1.54, 1.807) is 13.8 Å². The first kappa shape index (κ1) is 26.5. The Bertz CT molecular complexity index is 1070. The Kier molecular flexibility index (Phi) is 9.89. The Labute approximate surface area is 205 Å². The molecule has 0 spiro atoms. The lowest BCUT2D eigenvalue weighted by molar-refractivity contribution is -0.0690. The molecule has 35 heavy (non-hydrogen) atoms. The summed E-state index contributed by atoms with van der Waals surface area (Å²) in [6, 6.07) is 23.7. The normalized spacial score (nSPS) is 13.1. The second kappa shape index (κ2) is 13.1. The van der Waals surface area contributed by atoms with Gasteiger partial charge in [-0.2, -0.15) is 8.42 Å². The van der Waals surface area contributed by atoms with E-state index in [1.807, 2.05) is 60.7 Å². The molecule has 0 radical (unpaired) electrons. The van der Waals surface area contributed by atoms with Gasteiger partial charge in [0.05, 0.1) is 13.2 Å². The summed E-state index contributed by atoms with van der Waals surface area (Å²) in [6.07, 6.45) is 0.0696. The van der Waals surface area contributed by atoms with Gasteiger partial charge in [-0.15, -0.1) is 0 Å². The van der Waals surface area contributed by atoms with E-state index in [2.05, 4.69) is 4.18 Å². The van der Waals surface area contributed by atoms with Gasteiger partial charge in [-0.05, 0) is 37.8 Å². The van der Waals surface area contributed by atoms with Crippen LogP contribution in [-0.4, -0.2) is 34.2 Å². The van der Waals surface area contributed by atoms with Gasteiger partial charge in [-0.3, -0.25) is 0 Å². The maximum atomic E-state index is 13.1. The van der Waals surface area contributed by atoms with Crippen molar-refractivity contribution in [3.05, 3.63) is 90.0 Å². The van der Waals surface area contributed by atoms with Gasteiger partial charge >= 0.3 is 10.5 Å². The minimum Gasteiger partial charge on any atom is -0.465 e. The van der Waals surface area contributed by atoms with Gasteiger partial charge in [-0.25, -0.2) is 0 Å². The van der Waals surface area contributed by atoms with Crippen molar-refractivity contribution in [3.8, 4) is 17.2 Å². The molecule has 9 heteroatoms. The van der Waals surface area contributed by atoms with Crippen LogP contribution in [0, 0.1) is 0 Å². The summed E-state index contributed by atoms with van der Waals surface area (Å²) < 4.78 is 62.4. The maximum Gasteiger partial charge on any atom is 0.488 e. The third-order valence-corrected chi connectivity index (χ3v) is 5.22. The number of rotatable bonds is 14. The maximum absolute atomic E-state index is 13.1. The monoisotopic (exact) mass is 504 g/mol. The second-order valence-electron chi connectivity index (χ2n) is 7.70. The molecule has 0 fully saturated rings. The van der Waals surface area contributed by atoms with Crippen LogP contribution in [0.4, 0.5) is 3.89 Å². The molecule has 2 unspecified atom stereocenters. The zero-order chi connectivity index (χ0) is 25.1. The van der Waals surface area contributed by atoms with Gasteiger partial charge in [0, 0.05) is 18.2 Å². The smallest absolute Gasteiger partial charge is 0.465 e. The average molecular weight is 505 g/mol. The molecule has 2 atom stereocenters. The van der Waals surface area contributed by atoms with Crippen LogP contribution in [0.25, 0.3) is 0 Å². The van der Waals surface area contributed by atoms with Crippen LogP contribution in [-0.2, 0) is 32.8 Å². The predicted octanol–water partition coefficient (Wildman–Crippen LogP) is 5.25. The summed E-state index contributed by atoms with van der Waals surface area (Å²) in [5.74, 6) is 0.0719. The van der Waals surface area contributed by atoms with Crippen LogP contribution in [0.1, 0.15) is 25.0 Å². The summed E-state index contributed by atoms with van der Waals surface area (Å²) in [5.41, 5.74) is 2.25. The molecule has 3 aromatic carbocycles. The Morgan fingerprint density at radius 1 is 0.686 bits per heavy atom. The number of hydrogen-bond donors (Lipinski definition) is 0. The first-order valence-corrected chi connectivity index (χ1v) is 12.5. The molecular formula is C26H29FO7S. The van der Waals surface area contributed by atoms with Crippen LogP contribution in [0.15, 0.2) is 78.9 Å². The van der Waals surface area contributed by atoms with E-state index in [0.717, 1.165) is 11.1 Å². The van der Waals surface area contributed by atoms with Crippen molar-refractivity contribution in [1.82, 2.24) is 0 Å². The molecule has 7 nitrogen and oxygen atoms in total. The topological polar surface area (TPSA) is 80.3 Å². The van der Waals surface area contributed by atoms with Crippen LogP contribution in [0.2, 0.25) is 0 Å². The molecule has 0 aliphatic heterocycles. The van der Waals surface area contributed by atoms with Crippen LogP contribution < -0.4 is 13.7 Å². The van der Waals surface area contributed by atoms with E-state index in [-0.39, 0.29) is 17.2 Å². The molecule has 0 aliphatic rings. The minimum absolute atomic E-state index is 0.185. The zero-order valence-electron chi connectivity index (χ0n) is 19.6. The van der Waals surface area contributed by atoms with Crippen molar-refractivity contribution >= 4 is 10.5 Å². The molecule has 188 valence electrons. The van der Waals surface area contributed by atoms with Crippen molar-refractivity contribution in [3.63, 3.8) is 0 Å². The van der Waals surface area contributed by atoms with Crippen molar-refractivity contribution in [2.45, 2.75) is 39.3 Å². The van der Waals surface area contributed by atoms with E-state index in [1.165, 1.54) is 18.2 Å². The molecule has 3 rings (SSSR count). The fourth-order valence-electron chi connectivity index (χ4n) is 3.27. The van der Waals surface area contributed by atoms with Gasteiger partial charge in [0.25, 0.3) is 0 Å². The Balaban J connectivity index is 1.58. The van der Waals surface area contributed by atoms with Gasteiger partial charge in [0.1, 0.15) is 11.5 Å². The van der Waals surface area contributed by atoms with Crippen LogP contribution in [0.5, 0.6) is 17.2 Å². The summed E-state index contributed by atoms with van der Waals surface area (Å²) in [6.45, 7) is 4.21. The zero-order valence-corrected chi connectivity index (χ0v) is 20.4. The largest absolute Gasteiger partial charge is 0.488 e. The van der Waals surface area contributed by atoms with Gasteiger partial charge in [-0.1, -0.05) is 64.5 Å². The quantitative estimate of drug-likeness (QED) is 0.219. The highest BCUT2D eigenvalue weighted by atomic mass is 32.3. The van der Waals surface area contributed by atoms with Gasteiger partial charge < -0.3 is 23.1 Å². The van der Waals surface area contributed by atoms with Crippen molar-refractivity contribution < 1.29 is 35.4 Å². The lowest BCUT2D eigenvalue weighted by Crippen LogP contribution is -2.19. The van der Waals surface area contributed by atoms with Gasteiger partial charge in [0.2, 0.25) is 0 Å². The van der Waals surface area contributed by atoms with Gasteiger partial charge in [0.15, 0.2) is 18.3 Å². The first-order chi connectivity index (χ1) is 16.8. The molecule has 0 bridgehead atoms. The molecule has 3 aromatic rings. The van der Waals surface area contributed by atoms with Crippen molar-refractivity contribution in [2.75, 3.05) is 13.2 Å². The summed E-state index contributed by atoms with van der Waals surface area (Å²) in [4.78, 5) is 0.